The van der Waals surface area contributed by atoms with Crippen molar-refractivity contribution >= 4 is 17.5 Å². The second-order valence-corrected chi connectivity index (χ2v) is 6.62. The van der Waals surface area contributed by atoms with Gasteiger partial charge in [0.05, 0.1) is 6.54 Å². The largest absolute Gasteiger partial charge is 0.419 e. The normalized spacial score (nSPS) is 13.6. The van der Waals surface area contributed by atoms with Crippen LogP contribution in [0.4, 0.5) is 4.39 Å². The molecule has 0 bridgehead atoms. The predicted octanol–water partition coefficient (Wildman–Crippen LogP) is 4.33. The van der Waals surface area contributed by atoms with Gasteiger partial charge >= 0.3 is 0 Å². The number of hydrogen-bond acceptors (Lipinski definition) is 4. The van der Waals surface area contributed by atoms with Crippen LogP contribution in [-0.4, -0.2) is 27.0 Å². The number of benzene rings is 2. The fourth-order valence-corrected chi connectivity index (χ4v) is 2.81. The summed E-state index contributed by atoms with van der Waals surface area (Å²) in [6.45, 7) is 0.224. The number of hydrogen-bond donors (Lipinski definition) is 0. The van der Waals surface area contributed by atoms with E-state index in [1.807, 2.05) is 0 Å². The first-order valence-electron chi connectivity index (χ1n) is 8.25. The highest BCUT2D eigenvalue weighted by molar-refractivity contribution is 6.30. The molecule has 0 aliphatic heterocycles. The van der Waals surface area contributed by atoms with Crippen molar-refractivity contribution in [2.45, 2.75) is 25.4 Å². The van der Waals surface area contributed by atoms with E-state index in [0.717, 1.165) is 18.4 Å². The number of nitrogens with zero attached hydrogens (tertiary/aromatic N) is 3. The van der Waals surface area contributed by atoms with E-state index in [0.29, 0.717) is 22.4 Å². The van der Waals surface area contributed by atoms with Crippen molar-refractivity contribution in [2.24, 2.45) is 0 Å². The zero-order valence-electron chi connectivity index (χ0n) is 13.7. The van der Waals surface area contributed by atoms with Gasteiger partial charge in [-0.3, -0.25) is 4.79 Å². The molecule has 5 nitrogen and oxygen atoms in total. The van der Waals surface area contributed by atoms with Crippen LogP contribution in [0.3, 0.4) is 0 Å². The molecule has 7 heteroatoms. The van der Waals surface area contributed by atoms with E-state index in [1.165, 1.54) is 24.3 Å². The summed E-state index contributed by atoms with van der Waals surface area (Å²) in [5, 5.41) is 8.72. The van der Waals surface area contributed by atoms with Gasteiger partial charge in [0.25, 0.3) is 5.91 Å². The van der Waals surface area contributed by atoms with Gasteiger partial charge in [-0.05, 0) is 61.4 Å². The van der Waals surface area contributed by atoms with Gasteiger partial charge in [0, 0.05) is 22.2 Å². The molecule has 1 aliphatic rings. The Morgan fingerprint density at radius 2 is 1.81 bits per heavy atom. The minimum absolute atomic E-state index is 0.151. The molecule has 0 spiro atoms. The summed E-state index contributed by atoms with van der Waals surface area (Å²) in [5.74, 6) is 0.196. The van der Waals surface area contributed by atoms with E-state index in [-0.39, 0.29) is 24.3 Å². The second-order valence-electron chi connectivity index (χ2n) is 6.18. The van der Waals surface area contributed by atoms with E-state index in [9.17, 15) is 9.18 Å². The lowest BCUT2D eigenvalue weighted by molar-refractivity contribution is 0.0714. The zero-order valence-corrected chi connectivity index (χ0v) is 14.5. The lowest BCUT2D eigenvalue weighted by Gasteiger charge is -2.20. The highest BCUT2D eigenvalue weighted by Crippen LogP contribution is 2.30. The summed E-state index contributed by atoms with van der Waals surface area (Å²) >= 11 is 5.88. The summed E-state index contributed by atoms with van der Waals surface area (Å²) in [6.07, 6.45) is 1.87. The molecule has 3 aromatic rings. The number of amides is 1. The highest BCUT2D eigenvalue weighted by Gasteiger charge is 2.34. The molecule has 0 unspecified atom stereocenters. The number of rotatable bonds is 5. The van der Waals surface area contributed by atoms with Crippen LogP contribution >= 0.6 is 11.6 Å². The second kappa shape index (κ2) is 6.88. The molecule has 2 aromatic carbocycles. The van der Waals surface area contributed by atoms with Crippen LogP contribution in [0, 0.1) is 5.82 Å². The molecule has 0 N–H and O–H groups in total. The van der Waals surface area contributed by atoms with Crippen molar-refractivity contribution in [1.29, 1.82) is 0 Å². The minimum atomic E-state index is -0.371. The molecular weight excluding hydrogens is 357 g/mol. The van der Waals surface area contributed by atoms with Gasteiger partial charge in [-0.15, -0.1) is 10.2 Å². The van der Waals surface area contributed by atoms with Crippen LogP contribution in [0.25, 0.3) is 11.5 Å². The van der Waals surface area contributed by atoms with Crippen molar-refractivity contribution in [2.75, 3.05) is 0 Å². The summed E-state index contributed by atoms with van der Waals surface area (Å²) in [5.41, 5.74) is 1.20. The number of carbonyl (C=O) groups is 1. The van der Waals surface area contributed by atoms with Crippen molar-refractivity contribution in [1.82, 2.24) is 15.1 Å². The SMILES string of the molecule is O=C(c1ccc(F)cc1)N(Cc1nnc(-c2ccc(Cl)cc2)o1)C1CC1. The van der Waals surface area contributed by atoms with Gasteiger partial charge < -0.3 is 9.32 Å². The molecule has 0 atom stereocenters. The Morgan fingerprint density at radius 3 is 2.46 bits per heavy atom. The Hall–Kier alpha value is -2.73. The molecule has 1 aliphatic carbocycles. The predicted molar refractivity (Wildman–Crippen MR) is 94.0 cm³/mol. The van der Waals surface area contributed by atoms with Crippen LogP contribution in [0.2, 0.25) is 5.02 Å². The molecule has 1 fully saturated rings. The molecule has 0 saturated heterocycles. The summed E-state index contributed by atoms with van der Waals surface area (Å²) < 4.78 is 18.8. The lowest BCUT2D eigenvalue weighted by Crippen LogP contribution is -2.32. The van der Waals surface area contributed by atoms with Crippen molar-refractivity contribution in [3.05, 3.63) is 70.8 Å². The van der Waals surface area contributed by atoms with Gasteiger partial charge in [-0.2, -0.15) is 0 Å². The standard InChI is InChI=1S/C19H15ClFN3O2/c20-14-5-1-12(2-6-14)18-23-22-17(26-18)11-24(16-9-10-16)19(25)13-3-7-15(21)8-4-13/h1-8,16H,9-11H2. The Kier molecular flexibility index (Phi) is 4.42. The van der Waals surface area contributed by atoms with Crippen molar-refractivity contribution in [3.63, 3.8) is 0 Å². The molecule has 1 amide bonds. The summed E-state index contributed by atoms with van der Waals surface area (Å²) in [4.78, 5) is 14.5. The van der Waals surface area contributed by atoms with E-state index >= 15 is 0 Å². The molecule has 0 radical (unpaired) electrons. The topological polar surface area (TPSA) is 59.2 Å². The Morgan fingerprint density at radius 1 is 1.12 bits per heavy atom. The lowest BCUT2D eigenvalue weighted by atomic mass is 10.2. The van der Waals surface area contributed by atoms with Crippen molar-refractivity contribution in [3.8, 4) is 11.5 Å². The molecule has 1 saturated carbocycles. The van der Waals surface area contributed by atoms with E-state index < -0.39 is 0 Å². The summed E-state index contributed by atoms with van der Waals surface area (Å²) in [7, 11) is 0. The van der Waals surface area contributed by atoms with Crippen molar-refractivity contribution < 1.29 is 13.6 Å². The fraction of sp³-hybridized carbons (Fsp3) is 0.211. The van der Waals surface area contributed by atoms with E-state index in [2.05, 4.69) is 10.2 Å². The zero-order chi connectivity index (χ0) is 18.1. The maximum atomic E-state index is 13.1. The number of carbonyl (C=O) groups excluding carboxylic acids is 1. The Bertz CT molecular complexity index is 921. The first-order chi connectivity index (χ1) is 12.6. The molecule has 1 heterocycles. The Balaban J connectivity index is 1.53. The maximum Gasteiger partial charge on any atom is 0.254 e. The molecule has 26 heavy (non-hydrogen) atoms. The highest BCUT2D eigenvalue weighted by atomic mass is 35.5. The quantitative estimate of drug-likeness (QED) is 0.669. The average Bonchev–Trinajstić information content (AvgIpc) is 3.38. The summed E-state index contributed by atoms with van der Waals surface area (Å²) in [6, 6.07) is 12.8. The van der Waals surface area contributed by atoms with Gasteiger partial charge in [0.1, 0.15) is 5.82 Å². The molecule has 4 rings (SSSR count). The van der Waals surface area contributed by atoms with Crippen LogP contribution < -0.4 is 0 Å². The van der Waals surface area contributed by atoms with Crippen LogP contribution in [0.1, 0.15) is 29.1 Å². The minimum Gasteiger partial charge on any atom is -0.419 e. The number of aromatic nitrogens is 2. The van der Waals surface area contributed by atoms with Crippen LogP contribution in [0.15, 0.2) is 52.9 Å². The average molecular weight is 372 g/mol. The third-order valence-corrected chi connectivity index (χ3v) is 4.46. The molecule has 132 valence electrons. The molecular formula is C19H15ClFN3O2. The molecule has 1 aromatic heterocycles. The van der Waals surface area contributed by atoms with E-state index in [1.54, 1.807) is 29.2 Å². The number of halogens is 2. The first-order valence-corrected chi connectivity index (χ1v) is 8.63. The van der Waals surface area contributed by atoms with E-state index in [4.69, 9.17) is 16.0 Å². The fourth-order valence-electron chi connectivity index (χ4n) is 2.68. The van der Waals surface area contributed by atoms with Crippen LogP contribution in [-0.2, 0) is 6.54 Å². The van der Waals surface area contributed by atoms with Gasteiger partial charge in [0.2, 0.25) is 11.8 Å². The van der Waals surface area contributed by atoms with Gasteiger partial charge in [-0.25, -0.2) is 4.39 Å². The monoisotopic (exact) mass is 371 g/mol. The first kappa shape index (κ1) is 16.7. The van der Waals surface area contributed by atoms with Gasteiger partial charge in [0.15, 0.2) is 0 Å². The third-order valence-electron chi connectivity index (χ3n) is 4.20. The van der Waals surface area contributed by atoms with Gasteiger partial charge in [-0.1, -0.05) is 11.6 Å². The maximum absolute atomic E-state index is 13.1. The third kappa shape index (κ3) is 3.60. The Labute approximate surface area is 154 Å². The van der Waals surface area contributed by atoms with Crippen LogP contribution in [0.5, 0.6) is 0 Å². The smallest absolute Gasteiger partial charge is 0.254 e.